The minimum Gasteiger partial charge on any atom is -0.294 e. The molecule has 0 fully saturated rings. The van der Waals surface area contributed by atoms with Gasteiger partial charge in [-0.15, -0.1) is 0 Å². The fourth-order valence-electron chi connectivity index (χ4n) is 1.78. The van der Waals surface area contributed by atoms with Crippen molar-refractivity contribution in [2.24, 2.45) is 0 Å². The molecular formula is C15H11Cl2FO. The van der Waals surface area contributed by atoms with Crippen molar-refractivity contribution in [2.45, 2.75) is 13.3 Å². The van der Waals surface area contributed by atoms with Gasteiger partial charge < -0.3 is 0 Å². The number of hydrogen-bond donors (Lipinski definition) is 0. The number of benzene rings is 2. The standard InChI is InChI=1S/C15H11Cl2FO/c1-9-2-3-10(13(17)6-9)7-15(19)12-8-11(16)4-5-14(12)18/h2-6,8H,7H2,1H3. The van der Waals surface area contributed by atoms with Crippen molar-refractivity contribution >= 4 is 29.0 Å². The van der Waals surface area contributed by atoms with E-state index in [9.17, 15) is 9.18 Å². The van der Waals surface area contributed by atoms with Gasteiger partial charge in [0.15, 0.2) is 5.78 Å². The van der Waals surface area contributed by atoms with E-state index in [1.165, 1.54) is 18.2 Å². The second-order valence-electron chi connectivity index (χ2n) is 4.32. The van der Waals surface area contributed by atoms with Crippen LogP contribution < -0.4 is 0 Å². The Morgan fingerprint density at radius 1 is 1.16 bits per heavy atom. The minimum atomic E-state index is -0.572. The summed E-state index contributed by atoms with van der Waals surface area (Å²) in [5, 5.41) is 0.843. The van der Waals surface area contributed by atoms with Gasteiger partial charge in [0.2, 0.25) is 0 Å². The number of aryl methyl sites for hydroxylation is 1. The average Bonchev–Trinajstić information content (AvgIpc) is 2.35. The van der Waals surface area contributed by atoms with E-state index in [0.29, 0.717) is 15.6 Å². The van der Waals surface area contributed by atoms with Gasteiger partial charge in [-0.1, -0.05) is 35.3 Å². The molecule has 98 valence electrons. The van der Waals surface area contributed by atoms with Crippen molar-refractivity contribution in [1.29, 1.82) is 0 Å². The second kappa shape index (κ2) is 5.72. The number of hydrogen-bond acceptors (Lipinski definition) is 1. The van der Waals surface area contributed by atoms with Gasteiger partial charge in [-0.05, 0) is 42.3 Å². The fourth-order valence-corrected chi connectivity index (χ4v) is 2.25. The van der Waals surface area contributed by atoms with Gasteiger partial charge in [0.25, 0.3) is 0 Å². The SMILES string of the molecule is Cc1ccc(CC(=O)c2cc(Cl)ccc2F)c(Cl)c1. The summed E-state index contributed by atoms with van der Waals surface area (Å²) in [5.41, 5.74) is 1.68. The largest absolute Gasteiger partial charge is 0.294 e. The predicted molar refractivity (Wildman–Crippen MR) is 75.6 cm³/mol. The maximum Gasteiger partial charge on any atom is 0.170 e. The van der Waals surface area contributed by atoms with Crippen LogP contribution in [0.5, 0.6) is 0 Å². The molecule has 0 aliphatic rings. The Bertz CT molecular complexity index is 638. The molecule has 0 aliphatic heterocycles. The third-order valence-electron chi connectivity index (χ3n) is 2.79. The van der Waals surface area contributed by atoms with Gasteiger partial charge in [0, 0.05) is 16.5 Å². The van der Waals surface area contributed by atoms with E-state index in [2.05, 4.69) is 0 Å². The molecule has 0 heterocycles. The topological polar surface area (TPSA) is 17.1 Å². The zero-order chi connectivity index (χ0) is 14.0. The number of ketones is 1. The van der Waals surface area contributed by atoms with E-state index < -0.39 is 5.82 Å². The highest BCUT2D eigenvalue weighted by atomic mass is 35.5. The lowest BCUT2D eigenvalue weighted by atomic mass is 10.0. The van der Waals surface area contributed by atoms with Crippen molar-refractivity contribution in [3.05, 3.63) is 69.0 Å². The molecule has 0 saturated heterocycles. The summed E-state index contributed by atoms with van der Waals surface area (Å²) in [5.74, 6) is -0.914. The molecule has 0 radical (unpaired) electrons. The van der Waals surface area contributed by atoms with E-state index in [0.717, 1.165) is 5.56 Å². The highest BCUT2D eigenvalue weighted by Gasteiger charge is 2.14. The molecule has 2 aromatic rings. The summed E-state index contributed by atoms with van der Waals surface area (Å²) < 4.78 is 13.6. The van der Waals surface area contributed by atoms with E-state index in [1.54, 1.807) is 12.1 Å². The molecular weight excluding hydrogens is 286 g/mol. The number of carbonyl (C=O) groups is 1. The van der Waals surface area contributed by atoms with Crippen LogP contribution in [-0.4, -0.2) is 5.78 Å². The lowest BCUT2D eigenvalue weighted by molar-refractivity contribution is 0.0989. The Balaban J connectivity index is 2.28. The number of halogens is 3. The number of rotatable bonds is 3. The Morgan fingerprint density at radius 2 is 1.89 bits per heavy atom. The van der Waals surface area contributed by atoms with E-state index >= 15 is 0 Å². The van der Waals surface area contributed by atoms with Crippen molar-refractivity contribution < 1.29 is 9.18 Å². The summed E-state index contributed by atoms with van der Waals surface area (Å²) in [6.07, 6.45) is 0.0520. The average molecular weight is 297 g/mol. The lowest BCUT2D eigenvalue weighted by Crippen LogP contribution is -2.06. The normalized spacial score (nSPS) is 10.5. The van der Waals surface area contributed by atoms with Crippen LogP contribution >= 0.6 is 23.2 Å². The van der Waals surface area contributed by atoms with Crippen molar-refractivity contribution in [3.8, 4) is 0 Å². The van der Waals surface area contributed by atoms with E-state index in [4.69, 9.17) is 23.2 Å². The lowest BCUT2D eigenvalue weighted by Gasteiger charge is -2.06. The van der Waals surface area contributed by atoms with E-state index in [1.807, 2.05) is 13.0 Å². The van der Waals surface area contributed by atoms with Crippen molar-refractivity contribution in [3.63, 3.8) is 0 Å². The molecule has 0 spiro atoms. The van der Waals surface area contributed by atoms with Crippen LogP contribution in [0, 0.1) is 12.7 Å². The fraction of sp³-hybridized carbons (Fsp3) is 0.133. The molecule has 0 aliphatic carbocycles. The zero-order valence-corrected chi connectivity index (χ0v) is 11.7. The Morgan fingerprint density at radius 3 is 2.58 bits per heavy atom. The maximum absolute atomic E-state index is 13.6. The predicted octanol–water partition coefficient (Wildman–Crippen LogP) is 4.87. The molecule has 0 amide bonds. The Kier molecular flexibility index (Phi) is 4.23. The molecule has 0 aromatic heterocycles. The quantitative estimate of drug-likeness (QED) is 0.739. The molecule has 4 heteroatoms. The highest BCUT2D eigenvalue weighted by molar-refractivity contribution is 6.32. The van der Waals surface area contributed by atoms with Gasteiger partial charge in [0.05, 0.1) is 5.56 Å². The second-order valence-corrected chi connectivity index (χ2v) is 5.16. The third-order valence-corrected chi connectivity index (χ3v) is 3.38. The molecule has 2 aromatic carbocycles. The zero-order valence-electron chi connectivity index (χ0n) is 10.2. The first-order chi connectivity index (χ1) is 8.97. The third kappa shape index (κ3) is 3.34. The number of carbonyl (C=O) groups excluding carboxylic acids is 1. The Labute approximate surface area is 121 Å². The van der Waals surface area contributed by atoms with Gasteiger partial charge in [-0.2, -0.15) is 0 Å². The van der Waals surface area contributed by atoms with Crippen LogP contribution in [0.15, 0.2) is 36.4 Å². The molecule has 19 heavy (non-hydrogen) atoms. The van der Waals surface area contributed by atoms with Gasteiger partial charge in [-0.3, -0.25) is 4.79 Å². The first-order valence-electron chi connectivity index (χ1n) is 5.70. The molecule has 2 rings (SSSR count). The summed E-state index contributed by atoms with van der Waals surface area (Å²) in [6.45, 7) is 1.91. The monoisotopic (exact) mass is 296 g/mol. The highest BCUT2D eigenvalue weighted by Crippen LogP contribution is 2.21. The summed E-state index contributed by atoms with van der Waals surface area (Å²) in [4.78, 5) is 12.1. The number of Topliss-reactive ketones (excluding diaryl/α,β-unsaturated/α-hetero) is 1. The molecule has 0 N–H and O–H groups in total. The Hall–Kier alpha value is -1.38. The molecule has 1 nitrogen and oxygen atoms in total. The van der Waals surface area contributed by atoms with E-state index in [-0.39, 0.29) is 17.8 Å². The van der Waals surface area contributed by atoms with Crippen molar-refractivity contribution in [2.75, 3.05) is 0 Å². The van der Waals surface area contributed by atoms with Crippen LogP contribution in [0.25, 0.3) is 0 Å². The van der Waals surface area contributed by atoms with Crippen LogP contribution in [0.2, 0.25) is 10.0 Å². The smallest absolute Gasteiger partial charge is 0.170 e. The molecule has 0 bridgehead atoms. The molecule has 0 atom stereocenters. The van der Waals surface area contributed by atoms with Crippen LogP contribution in [0.1, 0.15) is 21.5 Å². The summed E-state index contributed by atoms with van der Waals surface area (Å²) >= 11 is 11.8. The first-order valence-corrected chi connectivity index (χ1v) is 6.46. The van der Waals surface area contributed by atoms with Gasteiger partial charge in [-0.25, -0.2) is 4.39 Å². The van der Waals surface area contributed by atoms with Crippen molar-refractivity contribution in [1.82, 2.24) is 0 Å². The van der Waals surface area contributed by atoms with Crippen LogP contribution in [0.4, 0.5) is 4.39 Å². The minimum absolute atomic E-state index is 0.0101. The van der Waals surface area contributed by atoms with Crippen LogP contribution in [-0.2, 0) is 6.42 Å². The summed E-state index contributed by atoms with van der Waals surface area (Å²) in [6, 6.07) is 9.35. The van der Waals surface area contributed by atoms with Crippen LogP contribution in [0.3, 0.4) is 0 Å². The summed E-state index contributed by atoms with van der Waals surface area (Å²) in [7, 11) is 0. The van der Waals surface area contributed by atoms with Gasteiger partial charge >= 0.3 is 0 Å². The first kappa shape index (κ1) is 14.0. The molecule has 0 unspecified atom stereocenters. The maximum atomic E-state index is 13.6. The molecule has 0 saturated carbocycles. The van der Waals surface area contributed by atoms with Gasteiger partial charge in [0.1, 0.15) is 5.82 Å².